The first-order valence-electron chi connectivity index (χ1n) is 6.01. The first-order chi connectivity index (χ1) is 7.70. The number of alkyl halides is 1. The molecule has 0 atom stereocenters. The highest BCUT2D eigenvalue weighted by Crippen LogP contribution is 2.38. The number of aliphatic imine (C=N–C) groups is 1. The Labute approximate surface area is 95.7 Å². The minimum Gasteiger partial charge on any atom is -0.378 e. The summed E-state index contributed by atoms with van der Waals surface area (Å²) in [4.78, 5) is 6.23. The number of halogens is 1. The molecule has 0 amide bonds. The number of nitrogens with two attached hydrogens (primary N) is 1. The SMILES string of the molecule is NC(=NCCC1(F)CCC1)N1CCOCC1. The Balaban J connectivity index is 1.73. The van der Waals surface area contributed by atoms with E-state index in [2.05, 4.69) is 4.99 Å². The summed E-state index contributed by atoms with van der Waals surface area (Å²) in [7, 11) is 0. The van der Waals surface area contributed by atoms with Gasteiger partial charge in [0.2, 0.25) is 0 Å². The van der Waals surface area contributed by atoms with Crippen molar-refractivity contribution < 1.29 is 9.13 Å². The Hall–Kier alpha value is -0.840. The summed E-state index contributed by atoms with van der Waals surface area (Å²) < 4.78 is 18.9. The van der Waals surface area contributed by atoms with Gasteiger partial charge in [-0.15, -0.1) is 0 Å². The highest BCUT2D eigenvalue weighted by Gasteiger charge is 2.36. The lowest BCUT2D eigenvalue weighted by Crippen LogP contribution is -2.45. The lowest BCUT2D eigenvalue weighted by Gasteiger charge is -2.33. The molecule has 0 radical (unpaired) electrons. The fraction of sp³-hybridized carbons (Fsp3) is 0.909. The van der Waals surface area contributed by atoms with E-state index in [1.807, 2.05) is 4.90 Å². The van der Waals surface area contributed by atoms with Gasteiger partial charge >= 0.3 is 0 Å². The van der Waals surface area contributed by atoms with Gasteiger partial charge < -0.3 is 15.4 Å². The summed E-state index contributed by atoms with van der Waals surface area (Å²) in [6.07, 6.45) is 2.91. The second kappa shape index (κ2) is 4.99. The number of morpholine rings is 1. The molecule has 0 aromatic heterocycles. The quantitative estimate of drug-likeness (QED) is 0.578. The number of hydrogen-bond acceptors (Lipinski definition) is 2. The van der Waals surface area contributed by atoms with E-state index < -0.39 is 5.67 Å². The normalized spacial score (nSPS) is 25.3. The summed E-state index contributed by atoms with van der Waals surface area (Å²) in [5.41, 5.74) is 4.89. The molecule has 2 aliphatic rings. The second-order valence-electron chi connectivity index (χ2n) is 4.59. The number of nitrogens with zero attached hydrogens (tertiary/aromatic N) is 2. The maximum absolute atomic E-state index is 13.7. The fourth-order valence-corrected chi connectivity index (χ4v) is 2.07. The van der Waals surface area contributed by atoms with Crippen molar-refractivity contribution in [3.63, 3.8) is 0 Å². The third kappa shape index (κ3) is 2.84. The summed E-state index contributed by atoms with van der Waals surface area (Å²) >= 11 is 0. The van der Waals surface area contributed by atoms with Gasteiger partial charge in [0.15, 0.2) is 5.96 Å². The van der Waals surface area contributed by atoms with Crippen LogP contribution in [0.2, 0.25) is 0 Å². The highest BCUT2D eigenvalue weighted by atomic mass is 19.1. The molecule has 0 aromatic carbocycles. The minimum atomic E-state index is -0.950. The fourth-order valence-electron chi connectivity index (χ4n) is 2.07. The number of ether oxygens (including phenoxy) is 1. The van der Waals surface area contributed by atoms with E-state index in [9.17, 15) is 4.39 Å². The Morgan fingerprint density at radius 2 is 2.06 bits per heavy atom. The predicted molar refractivity (Wildman–Crippen MR) is 61.2 cm³/mol. The number of rotatable bonds is 3. The van der Waals surface area contributed by atoms with Gasteiger partial charge in [-0.1, -0.05) is 0 Å². The van der Waals surface area contributed by atoms with Gasteiger partial charge in [-0.2, -0.15) is 0 Å². The van der Waals surface area contributed by atoms with E-state index in [4.69, 9.17) is 10.5 Å². The van der Waals surface area contributed by atoms with Crippen molar-refractivity contribution in [2.75, 3.05) is 32.8 Å². The van der Waals surface area contributed by atoms with Gasteiger partial charge in [-0.3, -0.25) is 4.99 Å². The van der Waals surface area contributed by atoms with Crippen LogP contribution in [-0.4, -0.2) is 49.4 Å². The summed E-state index contributed by atoms with van der Waals surface area (Å²) in [5.74, 6) is 0.534. The predicted octanol–water partition coefficient (Wildman–Crippen LogP) is 0.916. The van der Waals surface area contributed by atoms with Crippen LogP contribution < -0.4 is 5.73 Å². The van der Waals surface area contributed by atoms with Gasteiger partial charge in [0.25, 0.3) is 0 Å². The lowest BCUT2D eigenvalue weighted by atomic mass is 9.80. The standard InChI is InChI=1S/C11H20FN3O/c12-11(2-1-3-11)4-5-14-10(13)15-6-8-16-9-7-15/h1-9H2,(H2,13,14). The smallest absolute Gasteiger partial charge is 0.191 e. The zero-order chi connectivity index (χ0) is 11.4. The molecule has 2 fully saturated rings. The van der Waals surface area contributed by atoms with Gasteiger partial charge in [0.1, 0.15) is 5.67 Å². The Bertz CT molecular complexity index is 260. The molecule has 16 heavy (non-hydrogen) atoms. The molecular weight excluding hydrogens is 209 g/mol. The van der Waals surface area contributed by atoms with E-state index in [1.165, 1.54) is 0 Å². The number of hydrogen-bond donors (Lipinski definition) is 1. The lowest BCUT2D eigenvalue weighted by molar-refractivity contribution is 0.0560. The zero-order valence-electron chi connectivity index (χ0n) is 9.62. The molecule has 1 saturated heterocycles. The molecule has 92 valence electrons. The monoisotopic (exact) mass is 229 g/mol. The van der Waals surface area contributed by atoms with Gasteiger partial charge in [-0.05, 0) is 19.3 Å². The molecular formula is C11H20FN3O. The van der Waals surface area contributed by atoms with Gasteiger partial charge in [0, 0.05) is 26.1 Å². The van der Waals surface area contributed by atoms with Crippen molar-refractivity contribution >= 4 is 5.96 Å². The maximum atomic E-state index is 13.7. The van der Waals surface area contributed by atoms with Crippen LogP contribution in [0.5, 0.6) is 0 Å². The maximum Gasteiger partial charge on any atom is 0.191 e. The van der Waals surface area contributed by atoms with E-state index in [0.717, 1.165) is 19.5 Å². The largest absolute Gasteiger partial charge is 0.378 e. The highest BCUT2D eigenvalue weighted by molar-refractivity contribution is 5.78. The van der Waals surface area contributed by atoms with Crippen molar-refractivity contribution in [2.24, 2.45) is 10.7 Å². The minimum absolute atomic E-state index is 0.500. The van der Waals surface area contributed by atoms with E-state index in [-0.39, 0.29) is 0 Å². The molecule has 1 saturated carbocycles. The molecule has 1 heterocycles. The van der Waals surface area contributed by atoms with Crippen molar-refractivity contribution in [3.05, 3.63) is 0 Å². The van der Waals surface area contributed by atoms with Crippen molar-refractivity contribution in [2.45, 2.75) is 31.4 Å². The van der Waals surface area contributed by atoms with Crippen molar-refractivity contribution in [1.82, 2.24) is 4.90 Å². The van der Waals surface area contributed by atoms with Crippen LogP contribution in [0.4, 0.5) is 4.39 Å². The molecule has 1 aliphatic heterocycles. The van der Waals surface area contributed by atoms with Crippen LogP contribution in [0.1, 0.15) is 25.7 Å². The molecule has 0 aromatic rings. The third-order valence-corrected chi connectivity index (χ3v) is 3.42. The van der Waals surface area contributed by atoms with Crippen LogP contribution in [0, 0.1) is 0 Å². The molecule has 1 aliphatic carbocycles. The van der Waals surface area contributed by atoms with Crippen LogP contribution in [0.15, 0.2) is 4.99 Å². The summed E-state index contributed by atoms with van der Waals surface area (Å²) in [6.45, 7) is 3.47. The Morgan fingerprint density at radius 1 is 1.38 bits per heavy atom. The van der Waals surface area contributed by atoms with E-state index in [1.54, 1.807) is 0 Å². The second-order valence-corrected chi connectivity index (χ2v) is 4.59. The molecule has 0 bridgehead atoms. The van der Waals surface area contributed by atoms with Crippen molar-refractivity contribution in [1.29, 1.82) is 0 Å². The Kier molecular flexibility index (Phi) is 3.63. The molecule has 0 unspecified atom stereocenters. The third-order valence-electron chi connectivity index (χ3n) is 3.42. The van der Waals surface area contributed by atoms with Crippen LogP contribution in [0.3, 0.4) is 0 Å². The average Bonchev–Trinajstić information content (AvgIpc) is 2.28. The Morgan fingerprint density at radius 3 is 2.62 bits per heavy atom. The van der Waals surface area contributed by atoms with E-state index in [0.29, 0.717) is 45.0 Å². The molecule has 5 heteroatoms. The van der Waals surface area contributed by atoms with Gasteiger partial charge in [-0.25, -0.2) is 4.39 Å². The van der Waals surface area contributed by atoms with Crippen molar-refractivity contribution in [3.8, 4) is 0 Å². The molecule has 0 spiro atoms. The average molecular weight is 229 g/mol. The van der Waals surface area contributed by atoms with Gasteiger partial charge in [0.05, 0.1) is 13.2 Å². The van der Waals surface area contributed by atoms with Crippen LogP contribution in [-0.2, 0) is 4.74 Å². The number of guanidine groups is 1. The first kappa shape index (κ1) is 11.6. The first-order valence-corrected chi connectivity index (χ1v) is 6.01. The van der Waals surface area contributed by atoms with Crippen LogP contribution in [0.25, 0.3) is 0 Å². The molecule has 4 nitrogen and oxygen atoms in total. The summed E-state index contributed by atoms with van der Waals surface area (Å²) in [6, 6.07) is 0. The molecule has 2 rings (SSSR count). The van der Waals surface area contributed by atoms with Crippen LogP contribution >= 0.6 is 0 Å². The topological polar surface area (TPSA) is 50.8 Å². The molecule has 2 N–H and O–H groups in total. The summed E-state index contributed by atoms with van der Waals surface area (Å²) in [5, 5.41) is 0. The zero-order valence-corrected chi connectivity index (χ0v) is 9.62. The van der Waals surface area contributed by atoms with E-state index >= 15 is 0 Å².